The normalized spacial score (nSPS) is 12.8. The molecule has 0 spiro atoms. The summed E-state index contributed by atoms with van der Waals surface area (Å²) in [6, 6.07) is 10.5. The smallest absolute Gasteiger partial charge is 0.272 e. The first-order chi connectivity index (χ1) is 17.5. The van der Waals surface area contributed by atoms with E-state index in [9.17, 15) is 13.6 Å². The highest BCUT2D eigenvalue weighted by Gasteiger charge is 2.18. The molecule has 36 heavy (non-hydrogen) atoms. The fourth-order valence-electron chi connectivity index (χ4n) is 4.79. The van der Waals surface area contributed by atoms with Crippen LogP contribution >= 0.6 is 0 Å². The number of H-pyrrole nitrogens is 1. The van der Waals surface area contributed by atoms with Gasteiger partial charge < -0.3 is 24.2 Å². The van der Waals surface area contributed by atoms with Crippen molar-refractivity contribution in [2.75, 3.05) is 5.32 Å². The molecule has 0 aliphatic carbocycles. The third-order valence-corrected chi connectivity index (χ3v) is 6.47. The van der Waals surface area contributed by atoms with Gasteiger partial charge in [0.15, 0.2) is 11.6 Å². The summed E-state index contributed by atoms with van der Waals surface area (Å²) in [6.45, 7) is 1.54. The van der Waals surface area contributed by atoms with Gasteiger partial charge in [0, 0.05) is 66.9 Å². The van der Waals surface area contributed by atoms with E-state index in [-0.39, 0.29) is 11.3 Å². The van der Waals surface area contributed by atoms with Gasteiger partial charge in [-0.15, -0.1) is 0 Å². The molecule has 4 heterocycles. The van der Waals surface area contributed by atoms with Crippen molar-refractivity contribution in [1.29, 1.82) is 0 Å². The second-order valence-corrected chi connectivity index (χ2v) is 8.91. The largest absolute Gasteiger partial charge is 0.454 e. The number of halogens is 2. The van der Waals surface area contributed by atoms with Crippen LogP contribution in [0.1, 0.15) is 17.9 Å². The Morgan fingerprint density at radius 1 is 1.08 bits per heavy atom. The number of pyridine rings is 1. The first kappa shape index (κ1) is 22.1. The van der Waals surface area contributed by atoms with Crippen LogP contribution in [0.15, 0.2) is 65.8 Å². The van der Waals surface area contributed by atoms with Gasteiger partial charge in [0.1, 0.15) is 22.9 Å². The SMILES string of the molecule is Cn1cc(-c2cc(NCc3cn4c(n3)CCC4)ccc2Oc2ccc(F)cc2F)c2cc[nH]c(=O)c21. The van der Waals surface area contributed by atoms with E-state index >= 15 is 0 Å². The lowest BCUT2D eigenvalue weighted by molar-refractivity contribution is 0.439. The maximum absolute atomic E-state index is 14.4. The molecule has 6 rings (SSSR count). The Morgan fingerprint density at radius 3 is 2.78 bits per heavy atom. The van der Waals surface area contributed by atoms with Crippen LogP contribution in [0, 0.1) is 11.6 Å². The van der Waals surface area contributed by atoms with Gasteiger partial charge in [-0.2, -0.15) is 0 Å². The van der Waals surface area contributed by atoms with Crippen LogP contribution in [0.3, 0.4) is 0 Å². The lowest BCUT2D eigenvalue weighted by Gasteiger charge is -2.14. The topological polar surface area (TPSA) is 76.9 Å². The van der Waals surface area contributed by atoms with Gasteiger partial charge in [-0.05, 0) is 42.8 Å². The molecule has 9 heteroatoms. The Labute approximate surface area is 205 Å². The number of aromatic nitrogens is 4. The number of aromatic amines is 1. The summed E-state index contributed by atoms with van der Waals surface area (Å²) in [7, 11) is 1.79. The molecule has 2 N–H and O–H groups in total. The van der Waals surface area contributed by atoms with Crippen LogP contribution < -0.4 is 15.6 Å². The number of hydrogen-bond acceptors (Lipinski definition) is 4. The van der Waals surface area contributed by atoms with Gasteiger partial charge in [0.2, 0.25) is 0 Å². The van der Waals surface area contributed by atoms with Crippen molar-refractivity contribution < 1.29 is 13.5 Å². The molecule has 0 fully saturated rings. The summed E-state index contributed by atoms with van der Waals surface area (Å²) in [5.41, 5.74) is 3.48. The lowest BCUT2D eigenvalue weighted by Crippen LogP contribution is -2.07. The zero-order valence-electron chi connectivity index (χ0n) is 19.5. The van der Waals surface area contributed by atoms with Crippen molar-refractivity contribution >= 4 is 16.6 Å². The number of imidazole rings is 1. The van der Waals surface area contributed by atoms with Crippen LogP contribution in [0.5, 0.6) is 11.5 Å². The summed E-state index contributed by atoms with van der Waals surface area (Å²) < 4.78 is 37.7. The van der Waals surface area contributed by atoms with E-state index in [1.54, 1.807) is 23.9 Å². The minimum atomic E-state index is -0.801. The molecule has 0 unspecified atom stereocenters. The Morgan fingerprint density at radius 2 is 1.94 bits per heavy atom. The van der Waals surface area contributed by atoms with E-state index in [0.717, 1.165) is 59.7 Å². The molecule has 182 valence electrons. The minimum absolute atomic E-state index is 0.0935. The fourth-order valence-corrected chi connectivity index (χ4v) is 4.79. The molecule has 0 saturated carbocycles. The van der Waals surface area contributed by atoms with Crippen LogP contribution in [-0.2, 0) is 26.6 Å². The first-order valence-corrected chi connectivity index (χ1v) is 11.7. The average molecular weight is 488 g/mol. The standard InChI is InChI=1S/C27H23F2N5O2/c1-33-15-21(19-8-9-30-27(35)26(19)33)20-12-17(31-13-18-14-34-10-2-3-25(34)32-18)5-7-23(20)36-24-6-4-16(28)11-22(24)29/h4-9,11-12,14-15,31H,2-3,10,13H2,1H3,(H,30,35). The Hall–Kier alpha value is -4.40. The molecule has 0 bridgehead atoms. The second-order valence-electron chi connectivity index (χ2n) is 8.91. The van der Waals surface area contributed by atoms with E-state index in [2.05, 4.69) is 21.1 Å². The van der Waals surface area contributed by atoms with Gasteiger partial charge in [-0.1, -0.05) is 0 Å². The van der Waals surface area contributed by atoms with Gasteiger partial charge >= 0.3 is 0 Å². The number of fused-ring (bicyclic) bond motifs is 2. The van der Waals surface area contributed by atoms with E-state index in [0.29, 0.717) is 23.4 Å². The third kappa shape index (κ3) is 3.92. The van der Waals surface area contributed by atoms with Crippen molar-refractivity contribution in [3.05, 3.63) is 94.6 Å². The number of hydrogen-bond donors (Lipinski definition) is 2. The molecular weight excluding hydrogens is 464 g/mol. The molecule has 2 aromatic carbocycles. The minimum Gasteiger partial charge on any atom is -0.454 e. The predicted octanol–water partition coefficient (Wildman–Crippen LogP) is 5.36. The maximum atomic E-state index is 14.4. The number of nitrogens with zero attached hydrogens (tertiary/aromatic N) is 3. The van der Waals surface area contributed by atoms with Crippen LogP contribution in [0.4, 0.5) is 14.5 Å². The van der Waals surface area contributed by atoms with Gasteiger partial charge in [-0.25, -0.2) is 13.8 Å². The maximum Gasteiger partial charge on any atom is 0.272 e. The van der Waals surface area contributed by atoms with Gasteiger partial charge in [0.05, 0.1) is 12.2 Å². The quantitative estimate of drug-likeness (QED) is 0.338. The zero-order chi connectivity index (χ0) is 24.8. The Balaban J connectivity index is 1.40. The molecular formula is C27H23F2N5O2. The average Bonchev–Trinajstić information content (AvgIpc) is 3.54. The van der Waals surface area contributed by atoms with E-state index in [1.807, 2.05) is 24.4 Å². The van der Waals surface area contributed by atoms with Crippen molar-refractivity contribution in [1.82, 2.24) is 19.1 Å². The summed E-state index contributed by atoms with van der Waals surface area (Å²) in [5, 5.41) is 4.14. The number of benzene rings is 2. The van der Waals surface area contributed by atoms with Crippen LogP contribution in [0.2, 0.25) is 0 Å². The van der Waals surface area contributed by atoms with Crippen molar-refractivity contribution in [3.8, 4) is 22.6 Å². The summed E-state index contributed by atoms with van der Waals surface area (Å²) in [5.74, 6) is -0.0918. The highest BCUT2D eigenvalue weighted by Crippen LogP contribution is 2.39. The molecule has 1 aliphatic heterocycles. The van der Waals surface area contributed by atoms with Crippen molar-refractivity contribution in [2.24, 2.45) is 7.05 Å². The number of ether oxygens (including phenoxy) is 1. The number of anilines is 1. The molecule has 7 nitrogen and oxygen atoms in total. The van der Waals surface area contributed by atoms with Gasteiger partial charge in [0.25, 0.3) is 5.56 Å². The molecule has 0 radical (unpaired) electrons. The Kier molecular flexibility index (Phi) is 5.32. The highest BCUT2D eigenvalue weighted by atomic mass is 19.1. The second kappa shape index (κ2) is 8.67. The van der Waals surface area contributed by atoms with Crippen molar-refractivity contribution in [2.45, 2.75) is 25.9 Å². The number of aryl methyl sites for hydroxylation is 3. The van der Waals surface area contributed by atoms with E-state index < -0.39 is 11.6 Å². The molecule has 5 aromatic rings. The number of nitrogens with one attached hydrogen (secondary N) is 2. The predicted molar refractivity (Wildman–Crippen MR) is 133 cm³/mol. The highest BCUT2D eigenvalue weighted by molar-refractivity contribution is 5.97. The van der Waals surface area contributed by atoms with Crippen LogP contribution in [0.25, 0.3) is 22.0 Å². The lowest BCUT2D eigenvalue weighted by atomic mass is 10.0. The van der Waals surface area contributed by atoms with Gasteiger partial charge in [-0.3, -0.25) is 4.79 Å². The summed E-state index contributed by atoms with van der Waals surface area (Å²) in [4.78, 5) is 19.9. The zero-order valence-corrected chi connectivity index (χ0v) is 19.5. The molecule has 0 amide bonds. The third-order valence-electron chi connectivity index (χ3n) is 6.47. The van der Waals surface area contributed by atoms with E-state index in [1.165, 1.54) is 6.07 Å². The molecule has 0 atom stereocenters. The van der Waals surface area contributed by atoms with Crippen LogP contribution in [-0.4, -0.2) is 19.1 Å². The fraction of sp³-hybridized carbons (Fsp3) is 0.185. The first-order valence-electron chi connectivity index (χ1n) is 11.7. The van der Waals surface area contributed by atoms with E-state index in [4.69, 9.17) is 9.72 Å². The summed E-state index contributed by atoms with van der Waals surface area (Å²) >= 11 is 0. The molecule has 1 aliphatic rings. The summed E-state index contributed by atoms with van der Waals surface area (Å²) in [6.07, 6.45) is 7.63. The molecule has 0 saturated heterocycles. The Bertz CT molecular complexity index is 1650. The van der Waals surface area contributed by atoms with Crippen molar-refractivity contribution in [3.63, 3.8) is 0 Å². The number of rotatable bonds is 6. The molecule has 3 aromatic heterocycles. The monoisotopic (exact) mass is 487 g/mol.